The van der Waals surface area contributed by atoms with E-state index in [0.717, 1.165) is 37.0 Å². The largest absolute Gasteiger partial charge is 0.438 e. The van der Waals surface area contributed by atoms with Gasteiger partial charge in [-0.25, -0.2) is 0 Å². The lowest BCUT2D eigenvalue weighted by Crippen LogP contribution is -2.22. The molecule has 0 aliphatic carbocycles. The van der Waals surface area contributed by atoms with Crippen molar-refractivity contribution in [3.05, 3.63) is 64.2 Å². The van der Waals surface area contributed by atoms with Gasteiger partial charge in [-0.3, -0.25) is 10.2 Å². The fraction of sp³-hybridized carbons (Fsp3) is 0.238. The van der Waals surface area contributed by atoms with Gasteiger partial charge in [-0.05, 0) is 50.2 Å². The van der Waals surface area contributed by atoms with Crippen molar-refractivity contribution < 1.29 is 22.4 Å². The number of nitrogens with one attached hydrogen (secondary N) is 2. The van der Waals surface area contributed by atoms with E-state index < -0.39 is 23.2 Å². The number of alkyl halides is 3. The van der Waals surface area contributed by atoms with Gasteiger partial charge in [0.05, 0.1) is 16.3 Å². The second kappa shape index (κ2) is 8.39. The summed E-state index contributed by atoms with van der Waals surface area (Å²) in [6.07, 6.45) is -4.58. The Morgan fingerprint density at radius 1 is 1.13 bits per heavy atom. The molecule has 0 saturated heterocycles. The van der Waals surface area contributed by atoms with Crippen LogP contribution < -0.4 is 15.8 Å². The van der Waals surface area contributed by atoms with Crippen molar-refractivity contribution in [2.45, 2.75) is 20.0 Å². The molecule has 5 nitrogen and oxygen atoms in total. The van der Waals surface area contributed by atoms with Gasteiger partial charge in [0.25, 0.3) is 5.91 Å². The van der Waals surface area contributed by atoms with Crippen molar-refractivity contribution in [1.82, 2.24) is 0 Å². The first-order chi connectivity index (χ1) is 14.1. The lowest BCUT2D eigenvalue weighted by molar-refractivity contribution is -0.137. The lowest BCUT2D eigenvalue weighted by atomic mass is 10.1. The van der Waals surface area contributed by atoms with E-state index in [4.69, 9.17) is 21.4 Å². The van der Waals surface area contributed by atoms with Crippen molar-refractivity contribution in [1.29, 1.82) is 5.41 Å². The van der Waals surface area contributed by atoms with E-state index in [1.165, 1.54) is 6.07 Å². The summed E-state index contributed by atoms with van der Waals surface area (Å²) in [6.45, 7) is 5.64. The summed E-state index contributed by atoms with van der Waals surface area (Å²) < 4.78 is 44.3. The van der Waals surface area contributed by atoms with Crippen LogP contribution in [0.4, 0.5) is 24.5 Å². The number of fused-ring (bicyclic) bond motifs is 1. The van der Waals surface area contributed by atoms with E-state index in [1.54, 1.807) is 12.1 Å². The van der Waals surface area contributed by atoms with Gasteiger partial charge in [0, 0.05) is 30.2 Å². The standard InChI is InChI=1S/C21H19ClF3N3O2/c1-3-28(4-2)14-7-5-12-9-15(19(26)30-18(12)11-14)20(29)27-17-10-13(21(23,24)25)6-8-16(17)22/h5-11,26H,3-4H2,1-2H3,(H,27,29). The molecule has 0 unspecified atom stereocenters. The number of rotatable bonds is 5. The Kier molecular flexibility index (Phi) is 6.07. The smallest absolute Gasteiger partial charge is 0.416 e. The number of hydrogen-bond donors (Lipinski definition) is 2. The molecule has 0 aliphatic heterocycles. The number of anilines is 2. The molecule has 30 heavy (non-hydrogen) atoms. The summed E-state index contributed by atoms with van der Waals surface area (Å²) in [6, 6.07) is 9.52. The van der Waals surface area contributed by atoms with Crippen molar-refractivity contribution in [2.75, 3.05) is 23.3 Å². The Hall–Kier alpha value is -3.00. The summed E-state index contributed by atoms with van der Waals surface area (Å²) in [4.78, 5) is 14.7. The topological polar surface area (TPSA) is 69.3 Å². The zero-order chi connectivity index (χ0) is 22.1. The van der Waals surface area contributed by atoms with Crippen molar-refractivity contribution >= 4 is 39.9 Å². The first-order valence-corrected chi connectivity index (χ1v) is 9.57. The third-order valence-electron chi connectivity index (χ3n) is 4.67. The van der Waals surface area contributed by atoms with Crippen molar-refractivity contribution in [3.8, 4) is 0 Å². The zero-order valence-electron chi connectivity index (χ0n) is 16.2. The van der Waals surface area contributed by atoms with Gasteiger partial charge >= 0.3 is 6.18 Å². The predicted octanol–water partition coefficient (Wildman–Crippen LogP) is 5.68. The van der Waals surface area contributed by atoms with Crippen LogP contribution in [-0.4, -0.2) is 19.0 Å². The van der Waals surface area contributed by atoms with Crippen LogP contribution >= 0.6 is 11.6 Å². The Labute approximate surface area is 175 Å². The third-order valence-corrected chi connectivity index (χ3v) is 5.00. The van der Waals surface area contributed by atoms with Gasteiger partial charge in [-0.15, -0.1) is 0 Å². The fourth-order valence-electron chi connectivity index (χ4n) is 3.06. The van der Waals surface area contributed by atoms with Crippen LogP contribution in [0.2, 0.25) is 5.02 Å². The first-order valence-electron chi connectivity index (χ1n) is 9.19. The average Bonchev–Trinajstić information content (AvgIpc) is 2.69. The number of carbonyl (C=O) groups is 1. The highest BCUT2D eigenvalue weighted by molar-refractivity contribution is 6.34. The Morgan fingerprint density at radius 2 is 1.83 bits per heavy atom. The summed E-state index contributed by atoms with van der Waals surface area (Å²) in [5, 5.41) is 10.9. The van der Waals surface area contributed by atoms with Crippen LogP contribution in [0.5, 0.6) is 0 Å². The number of nitrogens with zero attached hydrogens (tertiary/aromatic N) is 1. The molecular formula is C21H19ClF3N3O2. The molecule has 3 aromatic rings. The maximum Gasteiger partial charge on any atom is 0.416 e. The molecular weight excluding hydrogens is 419 g/mol. The maximum absolute atomic E-state index is 12.9. The molecule has 158 valence electrons. The Morgan fingerprint density at radius 3 is 2.47 bits per heavy atom. The summed E-state index contributed by atoms with van der Waals surface area (Å²) >= 11 is 5.93. The van der Waals surface area contributed by atoms with Gasteiger partial charge in [0.1, 0.15) is 11.1 Å². The molecule has 0 fully saturated rings. The quantitative estimate of drug-likeness (QED) is 0.539. The monoisotopic (exact) mass is 437 g/mol. The van der Waals surface area contributed by atoms with E-state index >= 15 is 0 Å². The van der Waals surface area contributed by atoms with Gasteiger partial charge in [0.2, 0.25) is 5.55 Å². The molecule has 3 rings (SSSR count). The van der Waals surface area contributed by atoms with E-state index in [0.29, 0.717) is 11.0 Å². The van der Waals surface area contributed by atoms with Gasteiger partial charge in [-0.1, -0.05) is 11.6 Å². The third kappa shape index (κ3) is 4.43. The summed E-state index contributed by atoms with van der Waals surface area (Å²) in [5.74, 6) is -0.792. The normalized spacial score (nSPS) is 11.5. The van der Waals surface area contributed by atoms with Gasteiger partial charge < -0.3 is 14.6 Å². The van der Waals surface area contributed by atoms with Crippen LogP contribution in [0.3, 0.4) is 0 Å². The minimum absolute atomic E-state index is 0.0514. The van der Waals surface area contributed by atoms with Crippen LogP contribution in [0.1, 0.15) is 29.8 Å². The molecule has 0 spiro atoms. The minimum Gasteiger partial charge on any atom is -0.438 e. The zero-order valence-corrected chi connectivity index (χ0v) is 17.0. The molecule has 0 radical (unpaired) electrons. The van der Waals surface area contributed by atoms with E-state index in [-0.39, 0.29) is 16.3 Å². The van der Waals surface area contributed by atoms with Crippen LogP contribution in [0.15, 0.2) is 46.9 Å². The highest BCUT2D eigenvalue weighted by Gasteiger charge is 2.31. The Balaban J connectivity index is 1.95. The van der Waals surface area contributed by atoms with Crippen LogP contribution in [0, 0.1) is 5.41 Å². The molecule has 2 N–H and O–H groups in total. The first kappa shape index (κ1) is 21.7. The number of amides is 1. The molecule has 0 aliphatic rings. The van der Waals surface area contributed by atoms with Crippen molar-refractivity contribution in [3.63, 3.8) is 0 Å². The highest BCUT2D eigenvalue weighted by atomic mass is 35.5. The second-order valence-electron chi connectivity index (χ2n) is 6.53. The van der Waals surface area contributed by atoms with Crippen LogP contribution in [-0.2, 0) is 6.18 Å². The summed E-state index contributed by atoms with van der Waals surface area (Å²) in [5.41, 5.74) is -0.318. The molecule has 0 bridgehead atoms. The molecule has 1 amide bonds. The van der Waals surface area contributed by atoms with Crippen LogP contribution in [0.25, 0.3) is 11.0 Å². The molecule has 9 heteroatoms. The van der Waals surface area contributed by atoms with E-state index in [2.05, 4.69) is 10.2 Å². The van der Waals surface area contributed by atoms with Gasteiger partial charge in [0.15, 0.2) is 0 Å². The second-order valence-corrected chi connectivity index (χ2v) is 6.94. The molecule has 1 aromatic heterocycles. The maximum atomic E-state index is 12.9. The number of benzene rings is 2. The summed E-state index contributed by atoms with van der Waals surface area (Å²) in [7, 11) is 0. The molecule has 0 atom stereocenters. The number of carbonyl (C=O) groups excluding carboxylic acids is 1. The number of halogens is 4. The fourth-order valence-corrected chi connectivity index (χ4v) is 3.22. The van der Waals surface area contributed by atoms with E-state index in [9.17, 15) is 18.0 Å². The Bertz CT molecular complexity index is 1150. The lowest BCUT2D eigenvalue weighted by Gasteiger charge is -2.21. The van der Waals surface area contributed by atoms with E-state index in [1.807, 2.05) is 19.9 Å². The SMILES string of the molecule is CCN(CC)c1ccc2cc(C(=O)Nc3cc(C(F)(F)F)ccc3Cl)c(=N)oc2c1. The molecule has 1 heterocycles. The molecule has 2 aromatic carbocycles. The minimum atomic E-state index is -4.58. The predicted molar refractivity (Wildman–Crippen MR) is 110 cm³/mol. The molecule has 0 saturated carbocycles. The van der Waals surface area contributed by atoms with Gasteiger partial charge in [-0.2, -0.15) is 13.2 Å². The number of hydrogen-bond acceptors (Lipinski definition) is 4. The average molecular weight is 438 g/mol. The highest BCUT2D eigenvalue weighted by Crippen LogP contribution is 2.34. The van der Waals surface area contributed by atoms with Crippen molar-refractivity contribution in [2.24, 2.45) is 0 Å².